The number of hydrogen-bond donors (Lipinski definition) is 2. The van der Waals surface area contributed by atoms with E-state index in [1.807, 2.05) is 4.90 Å². The van der Waals surface area contributed by atoms with Gasteiger partial charge in [0.15, 0.2) is 0 Å². The van der Waals surface area contributed by atoms with E-state index in [0.29, 0.717) is 13.0 Å². The lowest BCUT2D eigenvalue weighted by molar-refractivity contribution is -0.130. The average molecular weight is 226 g/mol. The summed E-state index contributed by atoms with van der Waals surface area (Å²) < 4.78 is 0. The molecule has 92 valence electrons. The molecule has 0 spiro atoms. The van der Waals surface area contributed by atoms with E-state index < -0.39 is 0 Å². The van der Waals surface area contributed by atoms with Crippen LogP contribution in [0.4, 0.5) is 0 Å². The second kappa shape index (κ2) is 5.64. The van der Waals surface area contributed by atoms with Crippen molar-refractivity contribution < 1.29 is 9.90 Å². The Morgan fingerprint density at radius 3 is 2.62 bits per heavy atom. The van der Waals surface area contributed by atoms with E-state index in [9.17, 15) is 9.90 Å². The largest absolute Gasteiger partial charge is 0.392 e. The molecule has 4 nitrogen and oxygen atoms in total. The molecule has 0 radical (unpaired) electrons. The van der Waals surface area contributed by atoms with Gasteiger partial charge in [-0.3, -0.25) is 4.79 Å². The highest BCUT2D eigenvalue weighted by Crippen LogP contribution is 2.18. The molecule has 2 N–H and O–H groups in total. The van der Waals surface area contributed by atoms with Gasteiger partial charge in [0.1, 0.15) is 0 Å². The molecule has 0 aromatic rings. The van der Waals surface area contributed by atoms with Crippen molar-refractivity contribution in [3.05, 3.63) is 0 Å². The minimum Gasteiger partial charge on any atom is -0.392 e. The third-order valence-corrected chi connectivity index (χ3v) is 3.68. The Labute approximate surface area is 97.0 Å². The number of hydrogen-bond acceptors (Lipinski definition) is 3. The van der Waals surface area contributed by atoms with Crippen LogP contribution in [0.1, 0.15) is 38.5 Å². The summed E-state index contributed by atoms with van der Waals surface area (Å²) in [6.07, 6.45) is 5.71. The van der Waals surface area contributed by atoms with E-state index in [-0.39, 0.29) is 18.1 Å². The van der Waals surface area contributed by atoms with Crippen LogP contribution in [-0.4, -0.2) is 47.7 Å². The summed E-state index contributed by atoms with van der Waals surface area (Å²) in [7, 11) is 0. The normalized spacial score (nSPS) is 29.9. The molecule has 0 aromatic heterocycles. The molecular formula is C12H22N2O2. The van der Waals surface area contributed by atoms with E-state index in [1.54, 1.807) is 0 Å². The van der Waals surface area contributed by atoms with Gasteiger partial charge in [-0.2, -0.15) is 0 Å². The van der Waals surface area contributed by atoms with E-state index in [1.165, 1.54) is 0 Å². The number of aliphatic hydroxyl groups excluding tert-OH is 1. The first-order valence-electron chi connectivity index (χ1n) is 6.46. The molecule has 1 aliphatic heterocycles. The average Bonchev–Trinajstić information content (AvgIpc) is 2.90. The van der Waals surface area contributed by atoms with E-state index in [4.69, 9.17) is 0 Å². The molecule has 1 heterocycles. The molecule has 1 saturated heterocycles. The minimum absolute atomic E-state index is 0.207. The maximum Gasteiger partial charge on any atom is 0.223 e. The van der Waals surface area contributed by atoms with Crippen molar-refractivity contribution in [2.75, 3.05) is 19.6 Å². The smallest absolute Gasteiger partial charge is 0.223 e. The molecule has 2 aliphatic rings. The van der Waals surface area contributed by atoms with Crippen molar-refractivity contribution in [3.63, 3.8) is 0 Å². The molecule has 2 atom stereocenters. The molecule has 2 rings (SSSR count). The third-order valence-electron chi connectivity index (χ3n) is 3.68. The standard InChI is InChI=1S/C12H22N2O2/c15-11-5-3-4-10(11)13-7-6-12(16)14-8-1-2-9-14/h10-11,13,15H,1-9H2/t10-,11-/m1/s1. The maximum absolute atomic E-state index is 11.7. The van der Waals surface area contributed by atoms with Gasteiger partial charge in [0.05, 0.1) is 6.10 Å². The number of amides is 1. The third kappa shape index (κ3) is 2.95. The van der Waals surface area contributed by atoms with Crippen LogP contribution in [0.25, 0.3) is 0 Å². The minimum atomic E-state index is -0.207. The van der Waals surface area contributed by atoms with Crippen LogP contribution in [0.2, 0.25) is 0 Å². The number of carbonyl (C=O) groups is 1. The molecule has 4 heteroatoms. The lowest BCUT2D eigenvalue weighted by atomic mass is 10.2. The monoisotopic (exact) mass is 226 g/mol. The summed E-state index contributed by atoms with van der Waals surface area (Å²) >= 11 is 0. The molecule has 16 heavy (non-hydrogen) atoms. The van der Waals surface area contributed by atoms with Crippen LogP contribution >= 0.6 is 0 Å². The van der Waals surface area contributed by atoms with Crippen molar-refractivity contribution in [1.82, 2.24) is 10.2 Å². The van der Waals surface area contributed by atoms with E-state index in [2.05, 4.69) is 5.32 Å². The Balaban J connectivity index is 1.61. The molecular weight excluding hydrogens is 204 g/mol. The maximum atomic E-state index is 11.7. The number of nitrogens with zero attached hydrogens (tertiary/aromatic N) is 1. The quantitative estimate of drug-likeness (QED) is 0.734. The summed E-state index contributed by atoms with van der Waals surface area (Å²) in [4.78, 5) is 13.7. The molecule has 0 aromatic carbocycles. The molecule has 1 amide bonds. The zero-order valence-electron chi connectivity index (χ0n) is 9.82. The van der Waals surface area contributed by atoms with Crippen LogP contribution in [0.5, 0.6) is 0 Å². The van der Waals surface area contributed by atoms with Crippen molar-refractivity contribution in [1.29, 1.82) is 0 Å². The zero-order valence-corrected chi connectivity index (χ0v) is 9.82. The summed E-state index contributed by atoms with van der Waals surface area (Å²) in [5.74, 6) is 0.262. The Kier molecular flexibility index (Phi) is 4.18. The van der Waals surface area contributed by atoms with Gasteiger partial charge in [-0.15, -0.1) is 0 Å². The Bertz CT molecular complexity index is 239. The van der Waals surface area contributed by atoms with Crippen LogP contribution in [0.15, 0.2) is 0 Å². The number of carbonyl (C=O) groups excluding carboxylic acids is 1. The molecule has 1 aliphatic carbocycles. The lowest BCUT2D eigenvalue weighted by Gasteiger charge is -2.18. The van der Waals surface area contributed by atoms with Gasteiger partial charge in [0, 0.05) is 32.1 Å². The second-order valence-corrected chi connectivity index (χ2v) is 4.90. The first kappa shape index (κ1) is 11.9. The Morgan fingerprint density at radius 2 is 2.00 bits per heavy atom. The predicted molar refractivity (Wildman–Crippen MR) is 62.1 cm³/mol. The highest BCUT2D eigenvalue weighted by Gasteiger charge is 2.25. The fourth-order valence-electron chi connectivity index (χ4n) is 2.67. The first-order valence-corrected chi connectivity index (χ1v) is 6.46. The predicted octanol–water partition coefficient (Wildman–Crippen LogP) is 0.502. The Morgan fingerprint density at radius 1 is 1.25 bits per heavy atom. The second-order valence-electron chi connectivity index (χ2n) is 4.90. The fourth-order valence-corrected chi connectivity index (χ4v) is 2.67. The summed E-state index contributed by atoms with van der Waals surface area (Å²) in [5, 5.41) is 12.9. The van der Waals surface area contributed by atoms with E-state index in [0.717, 1.165) is 45.2 Å². The van der Waals surface area contributed by atoms with Crippen molar-refractivity contribution >= 4 is 5.91 Å². The van der Waals surface area contributed by atoms with Crippen LogP contribution in [0.3, 0.4) is 0 Å². The van der Waals surface area contributed by atoms with Gasteiger partial charge in [0.2, 0.25) is 5.91 Å². The van der Waals surface area contributed by atoms with Crippen molar-refractivity contribution in [3.8, 4) is 0 Å². The molecule has 1 saturated carbocycles. The fraction of sp³-hybridized carbons (Fsp3) is 0.917. The van der Waals surface area contributed by atoms with Gasteiger partial charge < -0.3 is 15.3 Å². The lowest BCUT2D eigenvalue weighted by Crippen LogP contribution is -2.38. The Hall–Kier alpha value is -0.610. The summed E-state index contributed by atoms with van der Waals surface area (Å²) in [6.45, 7) is 2.58. The van der Waals surface area contributed by atoms with Crippen molar-refractivity contribution in [2.24, 2.45) is 0 Å². The van der Waals surface area contributed by atoms with Gasteiger partial charge in [-0.1, -0.05) is 0 Å². The highest BCUT2D eigenvalue weighted by atomic mass is 16.3. The van der Waals surface area contributed by atoms with Gasteiger partial charge in [0.25, 0.3) is 0 Å². The van der Waals surface area contributed by atoms with Gasteiger partial charge >= 0.3 is 0 Å². The molecule has 0 unspecified atom stereocenters. The van der Waals surface area contributed by atoms with Crippen LogP contribution < -0.4 is 5.32 Å². The molecule has 0 bridgehead atoms. The zero-order chi connectivity index (χ0) is 11.4. The number of rotatable bonds is 4. The number of likely N-dealkylation sites (tertiary alicyclic amines) is 1. The first-order chi connectivity index (χ1) is 7.77. The highest BCUT2D eigenvalue weighted by molar-refractivity contribution is 5.76. The van der Waals surface area contributed by atoms with Gasteiger partial charge in [-0.05, 0) is 32.1 Å². The van der Waals surface area contributed by atoms with E-state index >= 15 is 0 Å². The summed E-state index contributed by atoms with van der Waals surface area (Å²) in [6, 6.07) is 0.214. The van der Waals surface area contributed by atoms with Crippen LogP contribution in [0, 0.1) is 0 Å². The summed E-state index contributed by atoms with van der Waals surface area (Å²) in [5.41, 5.74) is 0. The van der Waals surface area contributed by atoms with Crippen LogP contribution in [-0.2, 0) is 4.79 Å². The SMILES string of the molecule is O=C(CCN[C@@H]1CCC[C@H]1O)N1CCCC1. The molecule has 2 fully saturated rings. The number of aliphatic hydroxyl groups is 1. The van der Waals surface area contributed by atoms with Crippen molar-refractivity contribution in [2.45, 2.75) is 50.7 Å². The van der Waals surface area contributed by atoms with Gasteiger partial charge in [-0.25, -0.2) is 0 Å². The number of nitrogens with one attached hydrogen (secondary N) is 1. The topological polar surface area (TPSA) is 52.6 Å².